The van der Waals surface area contributed by atoms with E-state index in [9.17, 15) is 0 Å². The highest BCUT2D eigenvalue weighted by molar-refractivity contribution is 9.11. The van der Waals surface area contributed by atoms with Crippen LogP contribution in [0.1, 0.15) is 16.9 Å². The van der Waals surface area contributed by atoms with Gasteiger partial charge in [0.15, 0.2) is 0 Å². The summed E-state index contributed by atoms with van der Waals surface area (Å²) in [6, 6.07) is 10.3. The van der Waals surface area contributed by atoms with Crippen LogP contribution in [0.15, 0.2) is 43.9 Å². The number of thiophene rings is 1. The van der Waals surface area contributed by atoms with Gasteiger partial charge in [-0.2, -0.15) is 0 Å². The average Bonchev–Trinajstić information content (AvgIpc) is 3.03. The summed E-state index contributed by atoms with van der Waals surface area (Å²) in [4.78, 5) is 2.28. The number of rotatable bonds is 5. The number of benzene rings is 1. The maximum atomic E-state index is 5.85. The fourth-order valence-electron chi connectivity index (χ4n) is 2.55. The van der Waals surface area contributed by atoms with Gasteiger partial charge in [0.05, 0.1) is 10.3 Å². The Morgan fingerprint density at radius 3 is 2.81 bits per heavy atom. The van der Waals surface area contributed by atoms with Gasteiger partial charge in [0.25, 0.3) is 0 Å². The summed E-state index contributed by atoms with van der Waals surface area (Å²) < 4.78 is 7.02. The Hall–Kier alpha value is -1.14. The highest BCUT2D eigenvalue weighted by atomic mass is 79.9. The molecule has 3 rings (SSSR count). The van der Waals surface area contributed by atoms with Gasteiger partial charge in [-0.25, -0.2) is 0 Å². The fourth-order valence-corrected chi connectivity index (χ4v) is 3.75. The average molecular weight is 365 g/mol. The maximum Gasteiger partial charge on any atom is 0.134 e. The normalized spacial score (nSPS) is 11.6. The lowest BCUT2D eigenvalue weighted by molar-refractivity contribution is 0.317. The number of fused-ring (bicyclic) bond motifs is 1. The van der Waals surface area contributed by atoms with E-state index in [1.807, 2.05) is 18.2 Å². The molecule has 0 aliphatic rings. The van der Waals surface area contributed by atoms with Crippen molar-refractivity contribution in [3.8, 4) is 0 Å². The lowest BCUT2D eigenvalue weighted by Gasteiger charge is -2.16. The summed E-state index contributed by atoms with van der Waals surface area (Å²) in [6.07, 6.45) is 0. The van der Waals surface area contributed by atoms with Crippen molar-refractivity contribution >= 4 is 38.2 Å². The number of hydrogen-bond acceptors (Lipinski definition) is 4. The van der Waals surface area contributed by atoms with Crippen molar-refractivity contribution in [2.45, 2.75) is 19.6 Å². The van der Waals surface area contributed by atoms with Gasteiger partial charge >= 0.3 is 0 Å². The van der Waals surface area contributed by atoms with Crippen molar-refractivity contribution in [2.24, 2.45) is 5.73 Å². The molecule has 0 atom stereocenters. The van der Waals surface area contributed by atoms with E-state index in [0.29, 0.717) is 6.54 Å². The summed E-state index contributed by atoms with van der Waals surface area (Å²) in [6.45, 7) is 2.17. The molecule has 3 aromatic rings. The van der Waals surface area contributed by atoms with E-state index >= 15 is 0 Å². The van der Waals surface area contributed by atoms with E-state index in [-0.39, 0.29) is 0 Å². The predicted molar refractivity (Wildman–Crippen MR) is 91.3 cm³/mol. The van der Waals surface area contributed by atoms with E-state index in [1.54, 1.807) is 11.3 Å². The van der Waals surface area contributed by atoms with Crippen LogP contribution in [0.2, 0.25) is 0 Å². The molecule has 0 fully saturated rings. The number of hydrogen-bond donors (Lipinski definition) is 1. The molecule has 0 amide bonds. The molecule has 0 aliphatic heterocycles. The molecule has 0 radical (unpaired) electrons. The molecule has 0 aliphatic carbocycles. The third-order valence-corrected chi connectivity index (χ3v) is 5.02. The Morgan fingerprint density at radius 1 is 1.29 bits per heavy atom. The van der Waals surface area contributed by atoms with Crippen molar-refractivity contribution in [1.82, 2.24) is 4.90 Å². The minimum atomic E-state index is 0.432. The van der Waals surface area contributed by atoms with Crippen LogP contribution in [0.3, 0.4) is 0 Å². The Balaban J connectivity index is 1.83. The lowest BCUT2D eigenvalue weighted by Crippen LogP contribution is -2.18. The summed E-state index contributed by atoms with van der Waals surface area (Å²) in [5.74, 6) is 0.884. The zero-order valence-electron chi connectivity index (χ0n) is 11.8. The van der Waals surface area contributed by atoms with Crippen LogP contribution in [-0.4, -0.2) is 11.9 Å². The molecule has 21 heavy (non-hydrogen) atoms. The first kappa shape index (κ1) is 14.8. The first-order chi connectivity index (χ1) is 10.2. The molecule has 0 spiro atoms. The maximum absolute atomic E-state index is 5.85. The van der Waals surface area contributed by atoms with Gasteiger partial charge in [-0.15, -0.1) is 11.3 Å². The molecule has 5 heteroatoms. The molecule has 2 heterocycles. The lowest BCUT2D eigenvalue weighted by atomic mass is 10.1. The summed E-state index contributed by atoms with van der Waals surface area (Å²) in [7, 11) is 2.12. The van der Waals surface area contributed by atoms with Gasteiger partial charge in [-0.3, -0.25) is 4.90 Å². The van der Waals surface area contributed by atoms with Crippen molar-refractivity contribution in [3.05, 3.63) is 56.4 Å². The second-order valence-electron chi connectivity index (χ2n) is 5.14. The molecule has 2 aromatic heterocycles. The van der Waals surface area contributed by atoms with Crippen molar-refractivity contribution in [1.29, 1.82) is 0 Å². The molecule has 2 N–H and O–H groups in total. The Kier molecular flexibility index (Phi) is 4.45. The summed E-state index contributed by atoms with van der Waals surface area (Å²) >= 11 is 5.22. The first-order valence-electron chi connectivity index (χ1n) is 6.78. The molecule has 110 valence electrons. The zero-order valence-corrected chi connectivity index (χ0v) is 14.2. The second-order valence-corrected chi connectivity index (χ2v) is 7.43. The number of halogens is 1. The molecule has 0 saturated heterocycles. The van der Waals surface area contributed by atoms with Crippen molar-refractivity contribution in [3.63, 3.8) is 0 Å². The highest BCUT2D eigenvalue weighted by Gasteiger charge is 2.14. The minimum Gasteiger partial charge on any atom is -0.459 e. The van der Waals surface area contributed by atoms with Crippen LogP contribution in [-0.2, 0) is 19.6 Å². The van der Waals surface area contributed by atoms with Crippen LogP contribution in [0.25, 0.3) is 11.0 Å². The van der Waals surface area contributed by atoms with Crippen molar-refractivity contribution in [2.75, 3.05) is 7.05 Å². The van der Waals surface area contributed by atoms with Gasteiger partial charge in [0.2, 0.25) is 0 Å². The second kappa shape index (κ2) is 6.32. The van der Waals surface area contributed by atoms with Crippen LogP contribution in [0.4, 0.5) is 0 Å². The highest BCUT2D eigenvalue weighted by Crippen LogP contribution is 2.27. The molecule has 0 saturated carbocycles. The zero-order chi connectivity index (χ0) is 14.8. The minimum absolute atomic E-state index is 0.432. The van der Waals surface area contributed by atoms with E-state index in [0.717, 1.165) is 29.8 Å². The number of para-hydroxylation sites is 1. The van der Waals surface area contributed by atoms with Crippen molar-refractivity contribution < 1.29 is 4.42 Å². The van der Waals surface area contributed by atoms with Crippen LogP contribution in [0.5, 0.6) is 0 Å². The molecule has 1 aromatic carbocycles. The first-order valence-corrected chi connectivity index (χ1v) is 8.45. The molecule has 3 nitrogen and oxygen atoms in total. The molecular formula is C16H17BrN2OS. The molecular weight excluding hydrogens is 348 g/mol. The number of nitrogens with zero attached hydrogens (tertiary/aromatic N) is 1. The summed E-state index contributed by atoms with van der Waals surface area (Å²) in [5, 5.41) is 3.34. The molecule has 0 unspecified atom stereocenters. The largest absolute Gasteiger partial charge is 0.459 e. The predicted octanol–water partition coefficient (Wildman–Crippen LogP) is 4.35. The van der Waals surface area contributed by atoms with Gasteiger partial charge in [-0.1, -0.05) is 18.2 Å². The Labute approximate surface area is 136 Å². The summed E-state index contributed by atoms with van der Waals surface area (Å²) in [5.41, 5.74) is 9.26. The third-order valence-electron chi connectivity index (χ3n) is 3.47. The number of furan rings is 1. The van der Waals surface area contributed by atoms with E-state index < -0.39 is 0 Å². The van der Waals surface area contributed by atoms with Crippen LogP contribution >= 0.6 is 27.3 Å². The van der Waals surface area contributed by atoms with Gasteiger partial charge < -0.3 is 10.2 Å². The topological polar surface area (TPSA) is 42.4 Å². The van der Waals surface area contributed by atoms with E-state index in [4.69, 9.17) is 10.2 Å². The Bertz CT molecular complexity index is 750. The van der Waals surface area contributed by atoms with E-state index in [1.165, 1.54) is 14.9 Å². The van der Waals surface area contributed by atoms with Crippen LogP contribution in [0, 0.1) is 0 Å². The SMILES string of the molecule is CN(Cc1csc(Br)c1)Cc1c(CN)oc2ccccc12. The van der Waals surface area contributed by atoms with Gasteiger partial charge in [0, 0.05) is 24.0 Å². The Morgan fingerprint density at radius 2 is 2.10 bits per heavy atom. The van der Waals surface area contributed by atoms with E-state index in [2.05, 4.69) is 45.4 Å². The quantitative estimate of drug-likeness (QED) is 0.731. The monoisotopic (exact) mass is 364 g/mol. The van der Waals surface area contributed by atoms with Gasteiger partial charge in [-0.05, 0) is 46.1 Å². The molecule has 0 bridgehead atoms. The smallest absolute Gasteiger partial charge is 0.134 e. The van der Waals surface area contributed by atoms with Crippen LogP contribution < -0.4 is 5.73 Å². The standard InChI is InChI=1S/C16H17BrN2OS/c1-19(8-11-6-16(17)21-10-11)9-13-12-4-2-3-5-14(12)20-15(13)7-18/h2-6,10H,7-9,18H2,1H3. The van der Waals surface area contributed by atoms with Gasteiger partial charge in [0.1, 0.15) is 11.3 Å². The fraction of sp³-hybridized carbons (Fsp3) is 0.250. The third kappa shape index (κ3) is 3.21. The number of nitrogens with two attached hydrogens (primary N) is 1.